The lowest BCUT2D eigenvalue weighted by atomic mass is 10.0. The maximum atomic E-state index is 3.49. The quantitative estimate of drug-likeness (QED) is 0.793. The normalized spacial score (nSPS) is 34.2. The van der Waals surface area contributed by atoms with Gasteiger partial charge in [-0.25, -0.2) is 0 Å². The monoisotopic (exact) mass is 228 g/mol. The second-order valence-electron chi connectivity index (χ2n) is 4.85. The zero-order valence-corrected chi connectivity index (χ0v) is 10.7. The van der Waals surface area contributed by atoms with Crippen molar-refractivity contribution in [2.45, 2.75) is 31.7 Å². The van der Waals surface area contributed by atoms with Crippen LogP contribution in [0.15, 0.2) is 0 Å². The molecule has 1 heterocycles. The summed E-state index contributed by atoms with van der Waals surface area (Å²) in [4.78, 5) is 2.69. The molecule has 0 aromatic rings. The lowest BCUT2D eigenvalue weighted by Crippen LogP contribution is -2.38. The molecule has 0 amide bonds. The average molecular weight is 228 g/mol. The third-order valence-corrected chi connectivity index (χ3v) is 4.89. The molecular weight excluding hydrogens is 204 g/mol. The van der Waals surface area contributed by atoms with Gasteiger partial charge in [0.15, 0.2) is 0 Å². The van der Waals surface area contributed by atoms with E-state index < -0.39 is 0 Å². The van der Waals surface area contributed by atoms with Gasteiger partial charge in [0.05, 0.1) is 0 Å². The molecule has 0 bridgehead atoms. The van der Waals surface area contributed by atoms with E-state index in [1.54, 1.807) is 0 Å². The standard InChI is InChI=1S/C12H24N2S/c1-13-12-5-2-4-11(12)10-14-6-3-8-15-9-7-14/h11-13H,2-10H2,1H3. The van der Waals surface area contributed by atoms with E-state index in [4.69, 9.17) is 0 Å². The van der Waals surface area contributed by atoms with E-state index in [0.717, 1.165) is 12.0 Å². The van der Waals surface area contributed by atoms with Crippen molar-refractivity contribution < 1.29 is 0 Å². The Kier molecular flexibility index (Phi) is 4.79. The summed E-state index contributed by atoms with van der Waals surface area (Å²) in [6, 6.07) is 0.793. The fourth-order valence-electron chi connectivity index (χ4n) is 2.95. The molecule has 1 aliphatic carbocycles. The largest absolute Gasteiger partial charge is 0.317 e. The van der Waals surface area contributed by atoms with Crippen LogP contribution in [0.25, 0.3) is 0 Å². The van der Waals surface area contributed by atoms with Gasteiger partial charge in [-0.15, -0.1) is 0 Å². The summed E-state index contributed by atoms with van der Waals surface area (Å²) < 4.78 is 0. The van der Waals surface area contributed by atoms with E-state index in [-0.39, 0.29) is 0 Å². The fourth-order valence-corrected chi connectivity index (χ4v) is 3.87. The van der Waals surface area contributed by atoms with Crippen molar-refractivity contribution in [2.75, 3.05) is 38.2 Å². The maximum absolute atomic E-state index is 3.49. The summed E-state index contributed by atoms with van der Waals surface area (Å²) in [6.07, 6.45) is 5.65. The number of thioether (sulfide) groups is 1. The van der Waals surface area contributed by atoms with E-state index in [0.29, 0.717) is 0 Å². The van der Waals surface area contributed by atoms with Crippen LogP contribution in [0.2, 0.25) is 0 Å². The van der Waals surface area contributed by atoms with Crippen molar-refractivity contribution in [1.29, 1.82) is 0 Å². The number of rotatable bonds is 3. The van der Waals surface area contributed by atoms with Crippen LogP contribution in [0.4, 0.5) is 0 Å². The Hall–Kier alpha value is 0.270. The van der Waals surface area contributed by atoms with E-state index in [9.17, 15) is 0 Å². The van der Waals surface area contributed by atoms with Gasteiger partial charge in [-0.2, -0.15) is 11.8 Å². The van der Waals surface area contributed by atoms with Gasteiger partial charge in [0.1, 0.15) is 0 Å². The van der Waals surface area contributed by atoms with Crippen molar-refractivity contribution in [3.8, 4) is 0 Å². The molecule has 2 unspecified atom stereocenters. The lowest BCUT2D eigenvalue weighted by Gasteiger charge is -2.27. The minimum Gasteiger partial charge on any atom is -0.317 e. The molecule has 2 nitrogen and oxygen atoms in total. The summed E-state index contributed by atoms with van der Waals surface area (Å²) in [5, 5.41) is 3.49. The summed E-state index contributed by atoms with van der Waals surface area (Å²) in [5.74, 6) is 3.63. The van der Waals surface area contributed by atoms with Gasteiger partial charge in [0, 0.05) is 24.9 Å². The van der Waals surface area contributed by atoms with Gasteiger partial charge in [-0.05, 0) is 44.5 Å². The first-order valence-electron chi connectivity index (χ1n) is 6.37. The minimum atomic E-state index is 0.793. The molecule has 3 heteroatoms. The van der Waals surface area contributed by atoms with Crippen molar-refractivity contribution in [2.24, 2.45) is 5.92 Å². The topological polar surface area (TPSA) is 15.3 Å². The Morgan fingerprint density at radius 1 is 1.20 bits per heavy atom. The molecule has 0 aromatic heterocycles. The first-order valence-corrected chi connectivity index (χ1v) is 7.53. The molecule has 1 saturated heterocycles. The van der Waals surface area contributed by atoms with E-state index in [2.05, 4.69) is 29.0 Å². The number of hydrogen-bond acceptors (Lipinski definition) is 3. The summed E-state index contributed by atoms with van der Waals surface area (Å²) in [6.45, 7) is 3.99. The molecule has 1 N–H and O–H groups in total. The highest BCUT2D eigenvalue weighted by molar-refractivity contribution is 7.99. The van der Waals surface area contributed by atoms with Crippen molar-refractivity contribution in [3.05, 3.63) is 0 Å². The van der Waals surface area contributed by atoms with Crippen LogP contribution in [0, 0.1) is 5.92 Å². The van der Waals surface area contributed by atoms with Crippen LogP contribution < -0.4 is 5.32 Å². The van der Waals surface area contributed by atoms with Gasteiger partial charge >= 0.3 is 0 Å². The van der Waals surface area contributed by atoms with Gasteiger partial charge in [0.2, 0.25) is 0 Å². The third kappa shape index (κ3) is 3.36. The fraction of sp³-hybridized carbons (Fsp3) is 1.00. The Morgan fingerprint density at radius 3 is 3.00 bits per heavy atom. The Balaban J connectivity index is 1.78. The molecule has 2 atom stereocenters. The van der Waals surface area contributed by atoms with Gasteiger partial charge < -0.3 is 10.2 Å². The lowest BCUT2D eigenvalue weighted by molar-refractivity contribution is 0.230. The molecule has 1 saturated carbocycles. The number of nitrogens with one attached hydrogen (secondary N) is 1. The van der Waals surface area contributed by atoms with Crippen LogP contribution in [0.3, 0.4) is 0 Å². The van der Waals surface area contributed by atoms with Gasteiger partial charge in [-0.1, -0.05) is 6.42 Å². The summed E-state index contributed by atoms with van der Waals surface area (Å²) >= 11 is 2.13. The molecule has 15 heavy (non-hydrogen) atoms. The van der Waals surface area contributed by atoms with Crippen LogP contribution >= 0.6 is 11.8 Å². The van der Waals surface area contributed by atoms with Crippen LogP contribution in [0.1, 0.15) is 25.7 Å². The van der Waals surface area contributed by atoms with Crippen molar-refractivity contribution in [1.82, 2.24) is 10.2 Å². The molecule has 2 aliphatic rings. The molecule has 0 spiro atoms. The van der Waals surface area contributed by atoms with E-state index in [1.807, 2.05) is 0 Å². The molecular formula is C12H24N2S. The first-order chi connectivity index (χ1) is 7.40. The molecule has 88 valence electrons. The Labute approximate surface area is 98.2 Å². The van der Waals surface area contributed by atoms with E-state index >= 15 is 0 Å². The van der Waals surface area contributed by atoms with Crippen molar-refractivity contribution in [3.63, 3.8) is 0 Å². The Morgan fingerprint density at radius 2 is 2.13 bits per heavy atom. The summed E-state index contributed by atoms with van der Waals surface area (Å²) in [7, 11) is 2.13. The smallest absolute Gasteiger partial charge is 0.0104 e. The second-order valence-corrected chi connectivity index (χ2v) is 6.08. The number of nitrogens with zero attached hydrogens (tertiary/aromatic N) is 1. The SMILES string of the molecule is CNC1CCCC1CN1CCCSCC1. The predicted octanol–water partition coefficient (Wildman–Crippen LogP) is 1.81. The van der Waals surface area contributed by atoms with Crippen LogP contribution in [-0.4, -0.2) is 49.1 Å². The molecule has 1 aliphatic heterocycles. The zero-order chi connectivity index (χ0) is 10.5. The highest BCUT2D eigenvalue weighted by atomic mass is 32.2. The zero-order valence-electron chi connectivity index (χ0n) is 9.87. The van der Waals surface area contributed by atoms with Crippen LogP contribution in [0.5, 0.6) is 0 Å². The van der Waals surface area contributed by atoms with E-state index in [1.165, 1.54) is 56.8 Å². The van der Waals surface area contributed by atoms with Gasteiger partial charge in [0.25, 0.3) is 0 Å². The predicted molar refractivity (Wildman–Crippen MR) is 68.6 cm³/mol. The second kappa shape index (κ2) is 6.12. The molecule has 0 aromatic carbocycles. The molecule has 0 radical (unpaired) electrons. The maximum Gasteiger partial charge on any atom is 0.0104 e. The average Bonchev–Trinajstić information content (AvgIpc) is 2.53. The first kappa shape index (κ1) is 11.7. The molecule has 2 fully saturated rings. The highest BCUT2D eigenvalue weighted by Gasteiger charge is 2.27. The minimum absolute atomic E-state index is 0.793. The summed E-state index contributed by atoms with van der Waals surface area (Å²) in [5.41, 5.74) is 0. The highest BCUT2D eigenvalue weighted by Crippen LogP contribution is 2.26. The molecule has 2 rings (SSSR count). The van der Waals surface area contributed by atoms with Crippen molar-refractivity contribution >= 4 is 11.8 Å². The number of hydrogen-bond donors (Lipinski definition) is 1. The van der Waals surface area contributed by atoms with Crippen LogP contribution in [-0.2, 0) is 0 Å². The van der Waals surface area contributed by atoms with Gasteiger partial charge in [-0.3, -0.25) is 0 Å². The Bertz CT molecular complexity index is 178. The third-order valence-electron chi connectivity index (χ3n) is 3.84.